The van der Waals surface area contributed by atoms with Crippen molar-refractivity contribution < 1.29 is 14.3 Å². The van der Waals surface area contributed by atoms with Crippen molar-refractivity contribution in [1.82, 2.24) is 15.5 Å². The molecule has 1 fully saturated rings. The number of esters is 1. The minimum absolute atomic E-state index is 0.0879. The van der Waals surface area contributed by atoms with E-state index in [2.05, 4.69) is 27.7 Å². The van der Waals surface area contributed by atoms with Gasteiger partial charge >= 0.3 is 5.97 Å². The minimum atomic E-state index is -0.198. The van der Waals surface area contributed by atoms with E-state index in [1.807, 2.05) is 32.9 Å². The molecule has 1 aromatic rings. The highest BCUT2D eigenvalue weighted by Crippen LogP contribution is 2.27. The zero-order chi connectivity index (χ0) is 21.1. The number of ether oxygens (including phenoxy) is 2. The van der Waals surface area contributed by atoms with Gasteiger partial charge in [0.05, 0.1) is 32.2 Å². The summed E-state index contributed by atoms with van der Waals surface area (Å²) in [5.74, 6) is 1.39. The lowest BCUT2D eigenvalue weighted by Crippen LogP contribution is -2.39. The Kier molecular flexibility index (Phi) is 9.77. The van der Waals surface area contributed by atoms with E-state index in [9.17, 15) is 4.79 Å². The Morgan fingerprint density at radius 3 is 2.45 bits per heavy atom. The minimum Gasteiger partial charge on any atom is -0.497 e. The summed E-state index contributed by atoms with van der Waals surface area (Å²) in [6, 6.07) is 8.49. The van der Waals surface area contributed by atoms with Crippen molar-refractivity contribution in [2.24, 2.45) is 4.99 Å². The van der Waals surface area contributed by atoms with Crippen LogP contribution in [0.5, 0.6) is 5.75 Å². The van der Waals surface area contributed by atoms with Crippen molar-refractivity contribution >= 4 is 11.9 Å². The molecule has 0 bridgehead atoms. The molecule has 1 unspecified atom stereocenters. The molecule has 1 heterocycles. The SMILES string of the molecule is CCNC(=NCC(c1ccc(OC)cc1)N1CCCC1)NCCC(=O)OC(C)C. The normalized spacial score (nSPS) is 16.0. The zero-order valence-electron chi connectivity index (χ0n) is 18.2. The molecular weight excluding hydrogens is 368 g/mol. The molecule has 0 amide bonds. The maximum absolute atomic E-state index is 11.7. The third-order valence-electron chi connectivity index (χ3n) is 4.84. The van der Waals surface area contributed by atoms with Gasteiger partial charge in [0, 0.05) is 13.1 Å². The quantitative estimate of drug-likeness (QED) is 0.355. The van der Waals surface area contributed by atoms with Gasteiger partial charge in [0.2, 0.25) is 0 Å². The molecule has 1 aliphatic heterocycles. The summed E-state index contributed by atoms with van der Waals surface area (Å²) in [6.45, 7) is 9.84. The highest BCUT2D eigenvalue weighted by molar-refractivity contribution is 5.80. The fourth-order valence-electron chi connectivity index (χ4n) is 3.44. The molecule has 7 nitrogen and oxygen atoms in total. The van der Waals surface area contributed by atoms with Gasteiger partial charge in [-0.3, -0.25) is 14.7 Å². The molecule has 2 N–H and O–H groups in total. The van der Waals surface area contributed by atoms with Crippen LogP contribution in [0.2, 0.25) is 0 Å². The third kappa shape index (κ3) is 7.93. The summed E-state index contributed by atoms with van der Waals surface area (Å²) in [6.07, 6.45) is 2.69. The summed E-state index contributed by atoms with van der Waals surface area (Å²) < 4.78 is 10.5. The van der Waals surface area contributed by atoms with E-state index in [1.54, 1.807) is 7.11 Å². The first-order valence-electron chi connectivity index (χ1n) is 10.6. The lowest BCUT2D eigenvalue weighted by Gasteiger charge is -2.27. The van der Waals surface area contributed by atoms with Gasteiger partial charge in [0.25, 0.3) is 0 Å². The number of nitrogens with zero attached hydrogens (tertiary/aromatic N) is 2. The van der Waals surface area contributed by atoms with Crippen LogP contribution in [-0.2, 0) is 9.53 Å². The van der Waals surface area contributed by atoms with Crippen LogP contribution in [0.4, 0.5) is 0 Å². The number of benzene rings is 1. The molecular formula is C22H36N4O3. The van der Waals surface area contributed by atoms with Crippen LogP contribution in [0.3, 0.4) is 0 Å². The maximum atomic E-state index is 11.7. The van der Waals surface area contributed by atoms with E-state index in [1.165, 1.54) is 18.4 Å². The van der Waals surface area contributed by atoms with Gasteiger partial charge in [-0.25, -0.2) is 0 Å². The zero-order valence-corrected chi connectivity index (χ0v) is 18.2. The Labute approximate surface area is 174 Å². The van der Waals surface area contributed by atoms with Gasteiger partial charge < -0.3 is 20.1 Å². The Hall–Kier alpha value is -2.28. The molecule has 0 aliphatic carbocycles. The number of rotatable bonds is 10. The summed E-state index contributed by atoms with van der Waals surface area (Å²) in [4.78, 5) is 19.0. The van der Waals surface area contributed by atoms with Crippen molar-refractivity contribution in [3.8, 4) is 5.75 Å². The molecule has 2 rings (SSSR count). The van der Waals surface area contributed by atoms with Gasteiger partial charge in [0.1, 0.15) is 5.75 Å². The number of aliphatic imine (C=N–C) groups is 1. The number of carbonyl (C=O) groups is 1. The van der Waals surface area contributed by atoms with E-state index in [4.69, 9.17) is 14.5 Å². The lowest BCUT2D eigenvalue weighted by molar-refractivity contribution is -0.147. The Bertz CT molecular complexity index is 640. The second kappa shape index (κ2) is 12.3. The number of carbonyl (C=O) groups excluding carboxylic acids is 1. The average molecular weight is 405 g/mol. The summed E-state index contributed by atoms with van der Waals surface area (Å²) in [5.41, 5.74) is 1.24. The van der Waals surface area contributed by atoms with Gasteiger partial charge in [0.15, 0.2) is 5.96 Å². The first-order valence-corrected chi connectivity index (χ1v) is 10.6. The standard InChI is InChI=1S/C22H36N4O3/c1-5-23-22(24-13-12-21(27)29-17(2)3)25-16-20(26-14-6-7-15-26)18-8-10-19(28-4)11-9-18/h8-11,17,20H,5-7,12-16H2,1-4H3,(H2,23,24,25). The van der Waals surface area contributed by atoms with Crippen LogP contribution < -0.4 is 15.4 Å². The van der Waals surface area contributed by atoms with Crippen molar-refractivity contribution in [3.63, 3.8) is 0 Å². The molecule has 162 valence electrons. The van der Waals surface area contributed by atoms with Gasteiger partial charge in [-0.1, -0.05) is 12.1 Å². The molecule has 1 aromatic carbocycles. The first-order chi connectivity index (χ1) is 14.0. The van der Waals surface area contributed by atoms with Crippen LogP contribution in [0.1, 0.15) is 51.6 Å². The average Bonchev–Trinajstić information content (AvgIpc) is 3.22. The van der Waals surface area contributed by atoms with Crippen LogP contribution in [-0.4, -0.2) is 62.8 Å². The number of nitrogens with one attached hydrogen (secondary N) is 2. The summed E-state index contributed by atoms with van der Waals surface area (Å²) in [7, 11) is 1.68. The van der Waals surface area contributed by atoms with E-state index in [-0.39, 0.29) is 18.1 Å². The van der Waals surface area contributed by atoms with Gasteiger partial charge in [-0.2, -0.15) is 0 Å². The molecule has 7 heteroatoms. The molecule has 29 heavy (non-hydrogen) atoms. The van der Waals surface area contributed by atoms with Crippen molar-refractivity contribution in [3.05, 3.63) is 29.8 Å². The van der Waals surface area contributed by atoms with Crippen molar-refractivity contribution in [2.45, 2.75) is 52.2 Å². The van der Waals surface area contributed by atoms with Crippen LogP contribution in [0.15, 0.2) is 29.3 Å². The highest BCUT2D eigenvalue weighted by atomic mass is 16.5. The molecule has 1 aliphatic rings. The Morgan fingerprint density at radius 2 is 1.86 bits per heavy atom. The van der Waals surface area contributed by atoms with Gasteiger partial charge in [-0.05, 0) is 64.4 Å². The number of likely N-dealkylation sites (tertiary alicyclic amines) is 1. The number of hydrogen-bond donors (Lipinski definition) is 2. The number of guanidine groups is 1. The van der Waals surface area contributed by atoms with E-state index in [0.29, 0.717) is 19.5 Å². The molecule has 0 aromatic heterocycles. The predicted octanol–water partition coefficient (Wildman–Crippen LogP) is 2.73. The second-order valence-corrected chi connectivity index (χ2v) is 7.47. The highest BCUT2D eigenvalue weighted by Gasteiger charge is 2.23. The molecule has 0 saturated carbocycles. The third-order valence-corrected chi connectivity index (χ3v) is 4.84. The molecule has 0 spiro atoms. The van der Waals surface area contributed by atoms with E-state index < -0.39 is 0 Å². The van der Waals surface area contributed by atoms with Crippen LogP contribution >= 0.6 is 0 Å². The number of methoxy groups -OCH3 is 1. The number of hydrogen-bond acceptors (Lipinski definition) is 5. The second-order valence-electron chi connectivity index (χ2n) is 7.47. The van der Waals surface area contributed by atoms with E-state index in [0.717, 1.165) is 31.3 Å². The fraction of sp³-hybridized carbons (Fsp3) is 0.636. The monoisotopic (exact) mass is 404 g/mol. The topological polar surface area (TPSA) is 75.2 Å². The summed E-state index contributed by atoms with van der Waals surface area (Å²) >= 11 is 0. The largest absolute Gasteiger partial charge is 0.497 e. The van der Waals surface area contributed by atoms with Gasteiger partial charge in [-0.15, -0.1) is 0 Å². The fourth-order valence-corrected chi connectivity index (χ4v) is 3.44. The Morgan fingerprint density at radius 1 is 1.17 bits per heavy atom. The van der Waals surface area contributed by atoms with Crippen molar-refractivity contribution in [1.29, 1.82) is 0 Å². The van der Waals surface area contributed by atoms with Crippen LogP contribution in [0, 0.1) is 0 Å². The van der Waals surface area contributed by atoms with Crippen molar-refractivity contribution in [2.75, 3.05) is 39.8 Å². The first kappa shape index (κ1) is 23.0. The smallest absolute Gasteiger partial charge is 0.307 e. The molecule has 1 atom stereocenters. The predicted molar refractivity (Wildman–Crippen MR) is 116 cm³/mol. The maximum Gasteiger partial charge on any atom is 0.307 e. The van der Waals surface area contributed by atoms with Crippen LogP contribution in [0.25, 0.3) is 0 Å². The van der Waals surface area contributed by atoms with E-state index >= 15 is 0 Å². The molecule has 0 radical (unpaired) electrons. The lowest BCUT2D eigenvalue weighted by atomic mass is 10.1. The molecule has 1 saturated heterocycles. The summed E-state index contributed by atoms with van der Waals surface area (Å²) in [5, 5.41) is 6.50. The Balaban J connectivity index is 2.01.